The van der Waals surface area contributed by atoms with E-state index in [4.69, 9.17) is 16.7 Å². The highest BCUT2D eigenvalue weighted by molar-refractivity contribution is 7.89. The number of sulfonamides is 1. The minimum atomic E-state index is -3.71. The van der Waals surface area contributed by atoms with Crippen molar-refractivity contribution in [2.45, 2.75) is 24.2 Å². The molecule has 0 aromatic heterocycles. The molecule has 1 aromatic rings. The van der Waals surface area contributed by atoms with Gasteiger partial charge < -0.3 is 5.11 Å². The van der Waals surface area contributed by atoms with Crippen molar-refractivity contribution >= 4 is 21.6 Å². The predicted molar refractivity (Wildman–Crippen MR) is 74.6 cm³/mol. The lowest BCUT2D eigenvalue weighted by atomic mass is 9.97. The SMILES string of the molecule is O=S(=O)(c1ccc(F)cc1Cl)N1CCCC(CCO)C1. The van der Waals surface area contributed by atoms with E-state index >= 15 is 0 Å². The van der Waals surface area contributed by atoms with Gasteiger partial charge in [0.2, 0.25) is 10.0 Å². The Morgan fingerprint density at radius 1 is 1.45 bits per heavy atom. The molecule has 20 heavy (non-hydrogen) atoms. The second kappa shape index (κ2) is 6.39. The van der Waals surface area contributed by atoms with E-state index in [1.54, 1.807) is 0 Å². The predicted octanol–water partition coefficient (Wildman–Crippen LogP) is 2.26. The van der Waals surface area contributed by atoms with Crippen LogP contribution < -0.4 is 0 Å². The summed E-state index contributed by atoms with van der Waals surface area (Å²) in [6.45, 7) is 0.852. The zero-order chi connectivity index (χ0) is 14.8. The van der Waals surface area contributed by atoms with E-state index in [0.717, 1.165) is 25.0 Å². The Bertz CT molecular complexity index is 577. The largest absolute Gasteiger partial charge is 0.396 e. The van der Waals surface area contributed by atoms with E-state index in [9.17, 15) is 12.8 Å². The standard InChI is InChI=1S/C13H17ClFNO3S/c14-12-8-11(15)3-4-13(12)20(18,19)16-6-1-2-10(9-16)5-7-17/h3-4,8,10,17H,1-2,5-7,9H2. The summed E-state index contributed by atoms with van der Waals surface area (Å²) < 4.78 is 39.4. The molecule has 7 heteroatoms. The molecule has 1 unspecified atom stereocenters. The summed E-state index contributed by atoms with van der Waals surface area (Å²) in [4.78, 5) is -0.0646. The highest BCUT2D eigenvalue weighted by Crippen LogP contribution is 2.29. The normalized spacial score (nSPS) is 21.1. The molecule has 1 N–H and O–H groups in total. The number of aliphatic hydroxyl groups is 1. The monoisotopic (exact) mass is 321 g/mol. The molecule has 0 spiro atoms. The van der Waals surface area contributed by atoms with Gasteiger partial charge in [0, 0.05) is 19.7 Å². The van der Waals surface area contributed by atoms with Gasteiger partial charge in [-0.1, -0.05) is 11.6 Å². The number of piperidine rings is 1. The summed E-state index contributed by atoms with van der Waals surface area (Å²) in [6, 6.07) is 3.29. The van der Waals surface area contributed by atoms with E-state index in [2.05, 4.69) is 0 Å². The second-order valence-corrected chi connectivity index (χ2v) is 7.27. The van der Waals surface area contributed by atoms with Crippen molar-refractivity contribution in [2.75, 3.05) is 19.7 Å². The molecule has 2 rings (SSSR count). The molecule has 1 fully saturated rings. The van der Waals surface area contributed by atoms with Gasteiger partial charge in [0.15, 0.2) is 0 Å². The van der Waals surface area contributed by atoms with Crippen LogP contribution in [0.3, 0.4) is 0 Å². The van der Waals surface area contributed by atoms with E-state index in [0.29, 0.717) is 19.5 Å². The zero-order valence-corrected chi connectivity index (χ0v) is 12.5. The van der Waals surface area contributed by atoms with Crippen LogP contribution in [0.2, 0.25) is 5.02 Å². The Kier molecular flexibility index (Phi) is 5.01. The fraction of sp³-hybridized carbons (Fsp3) is 0.538. The maximum Gasteiger partial charge on any atom is 0.244 e. The molecule has 0 bridgehead atoms. The molecule has 0 amide bonds. The van der Waals surface area contributed by atoms with Crippen molar-refractivity contribution in [1.29, 1.82) is 0 Å². The van der Waals surface area contributed by atoms with Gasteiger partial charge in [0.05, 0.1) is 5.02 Å². The fourth-order valence-corrected chi connectivity index (χ4v) is 4.55. The average molecular weight is 322 g/mol. The molecule has 1 aromatic carbocycles. The molecule has 1 saturated heterocycles. The third-order valence-electron chi connectivity index (χ3n) is 3.53. The van der Waals surface area contributed by atoms with Crippen LogP contribution in [-0.2, 0) is 10.0 Å². The third kappa shape index (κ3) is 3.31. The van der Waals surface area contributed by atoms with Crippen LogP contribution in [0.4, 0.5) is 4.39 Å². The molecule has 1 atom stereocenters. The second-order valence-electron chi connectivity index (χ2n) is 4.96. The quantitative estimate of drug-likeness (QED) is 0.925. The molecule has 0 aliphatic carbocycles. The number of aliphatic hydroxyl groups excluding tert-OH is 1. The van der Waals surface area contributed by atoms with Gasteiger partial charge in [0.25, 0.3) is 0 Å². The number of benzene rings is 1. The van der Waals surface area contributed by atoms with Crippen molar-refractivity contribution in [2.24, 2.45) is 5.92 Å². The van der Waals surface area contributed by atoms with E-state index < -0.39 is 15.8 Å². The van der Waals surface area contributed by atoms with Gasteiger partial charge in [-0.2, -0.15) is 4.31 Å². The van der Waals surface area contributed by atoms with Gasteiger partial charge in [0.1, 0.15) is 10.7 Å². The Morgan fingerprint density at radius 2 is 2.20 bits per heavy atom. The lowest BCUT2D eigenvalue weighted by molar-refractivity contribution is 0.203. The smallest absolute Gasteiger partial charge is 0.244 e. The molecule has 0 saturated carbocycles. The first-order chi connectivity index (χ1) is 9.45. The first-order valence-electron chi connectivity index (χ1n) is 6.51. The summed E-state index contributed by atoms with van der Waals surface area (Å²) in [5, 5.41) is 8.87. The summed E-state index contributed by atoms with van der Waals surface area (Å²) in [5.74, 6) is -0.409. The van der Waals surface area contributed by atoms with Crippen molar-refractivity contribution < 1.29 is 17.9 Å². The minimum Gasteiger partial charge on any atom is -0.396 e. The lowest BCUT2D eigenvalue weighted by Gasteiger charge is -2.31. The summed E-state index contributed by atoms with van der Waals surface area (Å²) in [7, 11) is -3.71. The molecule has 1 aliphatic rings. The average Bonchev–Trinajstić information content (AvgIpc) is 2.39. The van der Waals surface area contributed by atoms with Crippen molar-refractivity contribution in [3.8, 4) is 0 Å². The van der Waals surface area contributed by atoms with Crippen molar-refractivity contribution in [1.82, 2.24) is 4.31 Å². The van der Waals surface area contributed by atoms with Crippen LogP contribution >= 0.6 is 11.6 Å². The topological polar surface area (TPSA) is 57.6 Å². The Morgan fingerprint density at radius 3 is 2.85 bits per heavy atom. The maximum atomic E-state index is 13.0. The highest BCUT2D eigenvalue weighted by Gasteiger charge is 2.31. The highest BCUT2D eigenvalue weighted by atomic mass is 35.5. The van der Waals surface area contributed by atoms with Crippen LogP contribution in [0.1, 0.15) is 19.3 Å². The molecule has 1 aliphatic heterocycles. The third-order valence-corrected chi connectivity index (χ3v) is 5.88. The Balaban J connectivity index is 2.25. The lowest BCUT2D eigenvalue weighted by Crippen LogP contribution is -2.40. The van der Waals surface area contributed by atoms with Crippen molar-refractivity contribution in [3.63, 3.8) is 0 Å². The maximum absolute atomic E-state index is 13.0. The number of halogens is 2. The molecule has 0 radical (unpaired) electrons. The van der Waals surface area contributed by atoms with Crippen LogP contribution in [0.5, 0.6) is 0 Å². The first kappa shape index (κ1) is 15.7. The summed E-state index contributed by atoms with van der Waals surface area (Å²) >= 11 is 5.84. The van der Waals surface area contributed by atoms with Crippen LogP contribution in [-0.4, -0.2) is 37.5 Å². The Labute approximate surface area is 123 Å². The number of nitrogens with zero attached hydrogens (tertiary/aromatic N) is 1. The van der Waals surface area contributed by atoms with Gasteiger partial charge in [-0.15, -0.1) is 0 Å². The number of rotatable bonds is 4. The fourth-order valence-electron chi connectivity index (χ4n) is 2.49. The number of hydrogen-bond acceptors (Lipinski definition) is 3. The minimum absolute atomic E-state index is 0.0514. The van der Waals surface area contributed by atoms with E-state index in [1.165, 1.54) is 10.4 Å². The van der Waals surface area contributed by atoms with Gasteiger partial charge in [-0.05, 0) is 43.4 Å². The molecule has 1 heterocycles. The number of hydrogen-bond donors (Lipinski definition) is 1. The van der Waals surface area contributed by atoms with E-state index in [-0.39, 0.29) is 22.4 Å². The summed E-state index contributed by atoms with van der Waals surface area (Å²) in [5.41, 5.74) is 0. The van der Waals surface area contributed by atoms with Crippen LogP contribution in [0.15, 0.2) is 23.1 Å². The molecular weight excluding hydrogens is 305 g/mol. The van der Waals surface area contributed by atoms with Crippen molar-refractivity contribution in [3.05, 3.63) is 29.0 Å². The van der Waals surface area contributed by atoms with Gasteiger partial charge in [-0.25, -0.2) is 12.8 Å². The molecule has 4 nitrogen and oxygen atoms in total. The summed E-state index contributed by atoms with van der Waals surface area (Å²) in [6.07, 6.45) is 2.25. The zero-order valence-electron chi connectivity index (χ0n) is 10.9. The first-order valence-corrected chi connectivity index (χ1v) is 8.33. The molecule has 112 valence electrons. The van der Waals surface area contributed by atoms with E-state index in [1.807, 2.05) is 0 Å². The van der Waals surface area contributed by atoms with Gasteiger partial charge in [-0.3, -0.25) is 0 Å². The molecular formula is C13H17ClFNO3S. The van der Waals surface area contributed by atoms with Crippen LogP contribution in [0.25, 0.3) is 0 Å². The Hall–Kier alpha value is -0.690. The van der Waals surface area contributed by atoms with Gasteiger partial charge >= 0.3 is 0 Å². The van der Waals surface area contributed by atoms with Crippen LogP contribution in [0, 0.1) is 11.7 Å².